The summed E-state index contributed by atoms with van der Waals surface area (Å²) in [6.45, 7) is 4.61. The van der Waals surface area contributed by atoms with Crippen molar-refractivity contribution >= 4 is 22.6 Å². The number of carbonyl (C=O) groups excluding carboxylic acids is 1. The summed E-state index contributed by atoms with van der Waals surface area (Å²) in [5.74, 6) is 2.86. The van der Waals surface area contributed by atoms with Gasteiger partial charge in [-0.05, 0) is 87.4 Å². The highest BCUT2D eigenvalue weighted by Crippen LogP contribution is 2.43. The van der Waals surface area contributed by atoms with Gasteiger partial charge in [-0.3, -0.25) is 4.79 Å². The van der Waals surface area contributed by atoms with E-state index >= 15 is 0 Å². The Kier molecular flexibility index (Phi) is 5.95. The predicted octanol–water partition coefficient (Wildman–Crippen LogP) is 6.24. The summed E-state index contributed by atoms with van der Waals surface area (Å²) in [6.07, 6.45) is 6.55. The maximum Gasteiger partial charge on any atom is 0.227 e. The van der Waals surface area contributed by atoms with Gasteiger partial charge >= 0.3 is 0 Å². The molecule has 1 amide bonds. The maximum atomic E-state index is 13.4. The van der Waals surface area contributed by atoms with E-state index in [4.69, 9.17) is 19.0 Å². The molecule has 7 rings (SSSR count). The highest BCUT2D eigenvalue weighted by Gasteiger charge is 2.39. The van der Waals surface area contributed by atoms with Crippen LogP contribution in [0.4, 0.5) is 5.69 Å². The molecule has 3 aliphatic rings. The first kappa shape index (κ1) is 24.4. The topological polar surface area (TPSA) is 82.6 Å². The fraction of sp³-hybridized carbons (Fsp3) is 0.452. The number of ether oxygens (including phenoxy) is 2. The molecule has 2 fully saturated rings. The van der Waals surface area contributed by atoms with Gasteiger partial charge in [0.25, 0.3) is 0 Å². The van der Waals surface area contributed by atoms with Crippen LogP contribution < -0.4 is 9.64 Å². The Morgan fingerprint density at radius 3 is 2.62 bits per heavy atom. The molecule has 202 valence electrons. The third kappa shape index (κ3) is 4.04. The zero-order valence-corrected chi connectivity index (χ0v) is 22.8. The molecule has 2 aliphatic heterocycles. The molecule has 0 bridgehead atoms. The highest BCUT2D eigenvalue weighted by molar-refractivity contribution is 5.97. The molecule has 39 heavy (non-hydrogen) atoms. The molecule has 4 heterocycles. The predicted molar refractivity (Wildman–Crippen MR) is 148 cm³/mol. The minimum absolute atomic E-state index is 0.118. The van der Waals surface area contributed by atoms with Gasteiger partial charge in [0.15, 0.2) is 0 Å². The molecule has 1 saturated heterocycles. The summed E-state index contributed by atoms with van der Waals surface area (Å²) in [5, 5.41) is 4.16. The Labute approximate surface area is 227 Å². The second kappa shape index (κ2) is 9.52. The molecular formula is C31H34N4O4. The van der Waals surface area contributed by atoms with Crippen molar-refractivity contribution in [3.05, 3.63) is 59.2 Å². The van der Waals surface area contributed by atoms with E-state index in [0.29, 0.717) is 25.2 Å². The Balaban J connectivity index is 1.35. The minimum Gasteiger partial charge on any atom is -0.493 e. The van der Waals surface area contributed by atoms with Gasteiger partial charge in [-0.2, -0.15) is 0 Å². The Morgan fingerprint density at radius 2 is 1.85 bits per heavy atom. The summed E-state index contributed by atoms with van der Waals surface area (Å²) in [6, 6.07) is 12.8. The van der Waals surface area contributed by atoms with Crippen molar-refractivity contribution in [2.45, 2.75) is 77.0 Å². The third-order valence-electron chi connectivity index (χ3n) is 8.84. The normalized spacial score (nSPS) is 23.0. The Morgan fingerprint density at radius 1 is 1.00 bits per heavy atom. The number of aromatic nitrogens is 3. The lowest BCUT2D eigenvalue weighted by Crippen LogP contribution is -2.31. The summed E-state index contributed by atoms with van der Waals surface area (Å²) in [4.78, 5) is 20.6. The highest BCUT2D eigenvalue weighted by atomic mass is 16.5. The van der Waals surface area contributed by atoms with Crippen molar-refractivity contribution < 1.29 is 18.8 Å². The van der Waals surface area contributed by atoms with Gasteiger partial charge in [-0.1, -0.05) is 11.2 Å². The van der Waals surface area contributed by atoms with Crippen molar-refractivity contribution in [3.63, 3.8) is 0 Å². The molecule has 1 atom stereocenters. The monoisotopic (exact) mass is 526 g/mol. The van der Waals surface area contributed by atoms with Crippen LogP contribution in [0.1, 0.15) is 73.5 Å². The number of fused-ring (bicyclic) bond motifs is 2. The first-order valence-corrected chi connectivity index (χ1v) is 14.1. The number of hydrogen-bond acceptors (Lipinski definition) is 6. The van der Waals surface area contributed by atoms with Gasteiger partial charge in [0.1, 0.15) is 17.3 Å². The van der Waals surface area contributed by atoms with Gasteiger partial charge in [0.05, 0.1) is 35.5 Å². The average molecular weight is 527 g/mol. The van der Waals surface area contributed by atoms with Crippen molar-refractivity contribution in [3.8, 4) is 16.9 Å². The number of amides is 1. The largest absolute Gasteiger partial charge is 0.493 e. The molecule has 8 nitrogen and oxygen atoms in total. The van der Waals surface area contributed by atoms with Crippen LogP contribution in [0, 0.1) is 13.8 Å². The molecule has 8 heteroatoms. The van der Waals surface area contributed by atoms with E-state index in [1.165, 1.54) is 5.56 Å². The summed E-state index contributed by atoms with van der Waals surface area (Å²) in [5.41, 5.74) is 7.10. The molecule has 1 aliphatic carbocycles. The second-order valence-electron chi connectivity index (χ2n) is 11.1. The fourth-order valence-corrected chi connectivity index (χ4v) is 6.90. The van der Waals surface area contributed by atoms with E-state index in [-0.39, 0.29) is 11.9 Å². The summed E-state index contributed by atoms with van der Waals surface area (Å²) >= 11 is 0. The molecular weight excluding hydrogens is 492 g/mol. The number of methoxy groups -OCH3 is 1. The van der Waals surface area contributed by atoms with Crippen LogP contribution in [0.3, 0.4) is 0 Å². The van der Waals surface area contributed by atoms with Gasteiger partial charge in [0, 0.05) is 37.2 Å². The molecule has 0 N–H and O–H groups in total. The molecule has 2 aromatic carbocycles. The van der Waals surface area contributed by atoms with Gasteiger partial charge in [-0.25, -0.2) is 4.98 Å². The molecule has 1 saturated carbocycles. The summed E-state index contributed by atoms with van der Waals surface area (Å²) < 4.78 is 19.3. The zero-order chi connectivity index (χ0) is 26.7. The van der Waals surface area contributed by atoms with Crippen LogP contribution in [0.25, 0.3) is 22.2 Å². The number of rotatable bonds is 5. The van der Waals surface area contributed by atoms with Crippen LogP contribution in [-0.4, -0.2) is 40.4 Å². The van der Waals surface area contributed by atoms with Gasteiger partial charge < -0.3 is 23.5 Å². The van der Waals surface area contributed by atoms with Crippen molar-refractivity contribution in [1.29, 1.82) is 0 Å². The third-order valence-corrected chi connectivity index (χ3v) is 8.84. The van der Waals surface area contributed by atoms with E-state index in [1.54, 1.807) is 0 Å². The lowest BCUT2D eigenvalue weighted by molar-refractivity contribution is -0.117. The van der Waals surface area contributed by atoms with Crippen LogP contribution in [-0.2, 0) is 16.0 Å². The van der Waals surface area contributed by atoms with E-state index < -0.39 is 0 Å². The average Bonchev–Trinajstić information content (AvgIpc) is 3.73. The fourth-order valence-electron chi connectivity index (χ4n) is 6.90. The lowest BCUT2D eigenvalue weighted by Gasteiger charge is -2.32. The van der Waals surface area contributed by atoms with E-state index in [9.17, 15) is 4.79 Å². The van der Waals surface area contributed by atoms with Crippen LogP contribution in [0.5, 0.6) is 5.75 Å². The van der Waals surface area contributed by atoms with Crippen molar-refractivity contribution in [2.75, 3.05) is 18.6 Å². The SMILES string of the molecule is CO[C@H]1CC[C@H](n2c([C@@H]3CCC(=O)N3c3ccc4c(c3)CCO4)nc3cc(-c4c(C)noc4C)ccc32)CC1. The number of hydrogen-bond donors (Lipinski definition) is 0. The maximum absolute atomic E-state index is 13.4. The number of carbonyl (C=O) groups is 1. The zero-order valence-electron chi connectivity index (χ0n) is 22.8. The molecule has 0 unspecified atom stereocenters. The Bertz CT molecular complexity index is 1540. The molecule has 0 spiro atoms. The number of aryl methyl sites for hydroxylation is 2. The first-order chi connectivity index (χ1) is 19.0. The molecule has 0 radical (unpaired) electrons. The number of benzene rings is 2. The Hall–Kier alpha value is -3.65. The quantitative estimate of drug-likeness (QED) is 0.306. The minimum atomic E-state index is -0.118. The van der Waals surface area contributed by atoms with Gasteiger partial charge in [-0.15, -0.1) is 0 Å². The van der Waals surface area contributed by atoms with Crippen LogP contribution in [0.2, 0.25) is 0 Å². The van der Waals surface area contributed by atoms with E-state index in [2.05, 4.69) is 34.0 Å². The first-order valence-electron chi connectivity index (χ1n) is 14.1. The molecule has 2 aromatic heterocycles. The van der Waals surface area contributed by atoms with E-state index in [1.807, 2.05) is 38.0 Å². The number of imidazole rings is 1. The van der Waals surface area contributed by atoms with Crippen molar-refractivity contribution in [1.82, 2.24) is 14.7 Å². The number of anilines is 1. The standard InChI is InChI=1S/C31H34N4O4/c1-18-30(19(2)39-33-18)21-4-10-26-25(17-21)32-31(35(26)22-5-8-24(37-3)9-6-22)27-11-13-29(36)34(27)23-7-12-28-20(16-23)14-15-38-28/h4,7,10,12,16-17,22,24,27H,5-6,8-9,11,13-15H2,1-3H3/t22-,24-,27-/m0/s1. The lowest BCUT2D eigenvalue weighted by atomic mass is 9.92. The van der Waals surface area contributed by atoms with E-state index in [0.717, 1.165) is 89.4 Å². The van der Waals surface area contributed by atoms with Crippen molar-refractivity contribution in [2.24, 2.45) is 0 Å². The molecule has 4 aromatic rings. The van der Waals surface area contributed by atoms with Crippen LogP contribution >= 0.6 is 0 Å². The van der Waals surface area contributed by atoms with Gasteiger partial charge in [0.2, 0.25) is 5.91 Å². The smallest absolute Gasteiger partial charge is 0.227 e. The number of nitrogens with zero attached hydrogens (tertiary/aromatic N) is 4. The second-order valence-corrected chi connectivity index (χ2v) is 11.1. The van der Waals surface area contributed by atoms with Crippen LogP contribution in [0.15, 0.2) is 40.9 Å². The summed E-state index contributed by atoms with van der Waals surface area (Å²) in [7, 11) is 1.81.